The molecule has 2 unspecified atom stereocenters. The molecular formula is C13H18BrN3O2. The van der Waals surface area contributed by atoms with Gasteiger partial charge in [-0.1, -0.05) is 6.42 Å². The lowest BCUT2D eigenvalue weighted by Crippen LogP contribution is -2.29. The molecule has 2 atom stereocenters. The van der Waals surface area contributed by atoms with Crippen LogP contribution in [0.2, 0.25) is 0 Å². The number of nitro benzene ring substituents is 1. The van der Waals surface area contributed by atoms with E-state index in [4.69, 9.17) is 5.73 Å². The second-order valence-corrected chi connectivity index (χ2v) is 5.91. The van der Waals surface area contributed by atoms with Gasteiger partial charge in [-0.15, -0.1) is 0 Å². The molecule has 2 rings (SSSR count). The van der Waals surface area contributed by atoms with Gasteiger partial charge in [0.1, 0.15) is 0 Å². The van der Waals surface area contributed by atoms with Crippen molar-refractivity contribution in [2.24, 2.45) is 11.7 Å². The van der Waals surface area contributed by atoms with Gasteiger partial charge >= 0.3 is 0 Å². The van der Waals surface area contributed by atoms with E-state index in [2.05, 4.69) is 21.2 Å². The van der Waals surface area contributed by atoms with Crippen LogP contribution in [0.4, 0.5) is 11.4 Å². The summed E-state index contributed by atoms with van der Waals surface area (Å²) in [7, 11) is 0. The van der Waals surface area contributed by atoms with Gasteiger partial charge in [0.2, 0.25) is 0 Å². The molecule has 19 heavy (non-hydrogen) atoms. The van der Waals surface area contributed by atoms with E-state index in [1.807, 2.05) is 6.07 Å². The molecule has 0 saturated heterocycles. The maximum absolute atomic E-state index is 10.9. The van der Waals surface area contributed by atoms with Gasteiger partial charge < -0.3 is 11.1 Å². The van der Waals surface area contributed by atoms with Gasteiger partial charge in [0.25, 0.3) is 5.69 Å². The van der Waals surface area contributed by atoms with Crippen LogP contribution in [0.5, 0.6) is 0 Å². The smallest absolute Gasteiger partial charge is 0.273 e. The molecular weight excluding hydrogens is 310 g/mol. The van der Waals surface area contributed by atoms with Crippen molar-refractivity contribution < 1.29 is 4.92 Å². The van der Waals surface area contributed by atoms with E-state index in [-0.39, 0.29) is 10.6 Å². The number of hydrogen-bond donors (Lipinski definition) is 2. The predicted molar refractivity (Wildman–Crippen MR) is 79.3 cm³/mol. The molecule has 0 aliphatic heterocycles. The number of nitrogens with zero attached hydrogens (tertiary/aromatic N) is 1. The number of nitro groups is 1. The molecule has 5 nitrogen and oxygen atoms in total. The van der Waals surface area contributed by atoms with Gasteiger partial charge in [0, 0.05) is 27.8 Å². The number of nitrogens with two attached hydrogens (primary N) is 1. The van der Waals surface area contributed by atoms with E-state index in [0.29, 0.717) is 24.1 Å². The molecule has 104 valence electrons. The molecule has 0 heterocycles. The molecule has 0 amide bonds. The summed E-state index contributed by atoms with van der Waals surface area (Å²) >= 11 is 3.40. The Morgan fingerprint density at radius 1 is 1.53 bits per heavy atom. The highest BCUT2D eigenvalue weighted by atomic mass is 79.9. The fourth-order valence-corrected chi connectivity index (χ4v) is 3.13. The van der Waals surface area contributed by atoms with Crippen molar-refractivity contribution in [2.75, 3.05) is 11.9 Å². The predicted octanol–water partition coefficient (Wildman–Crippen LogP) is 3.21. The Bertz CT molecular complexity index is 493. The molecule has 6 heteroatoms. The van der Waals surface area contributed by atoms with Crippen LogP contribution < -0.4 is 11.1 Å². The minimum Gasteiger partial charge on any atom is -0.381 e. The number of nitrogens with one attached hydrogen (secondary N) is 1. The normalized spacial score (nSPS) is 22.5. The quantitative estimate of drug-likeness (QED) is 0.657. The van der Waals surface area contributed by atoms with E-state index in [9.17, 15) is 10.1 Å². The lowest BCUT2D eigenvalue weighted by molar-refractivity contribution is -0.385. The van der Waals surface area contributed by atoms with E-state index in [1.54, 1.807) is 13.0 Å². The second kappa shape index (κ2) is 5.88. The van der Waals surface area contributed by atoms with Crippen LogP contribution in [0, 0.1) is 23.0 Å². The number of anilines is 1. The first-order chi connectivity index (χ1) is 9.02. The first-order valence-electron chi connectivity index (χ1n) is 6.44. The molecule has 0 aromatic heterocycles. The molecule has 1 aromatic carbocycles. The monoisotopic (exact) mass is 327 g/mol. The van der Waals surface area contributed by atoms with Crippen molar-refractivity contribution in [1.82, 2.24) is 0 Å². The number of hydrogen-bond acceptors (Lipinski definition) is 4. The Morgan fingerprint density at radius 2 is 2.26 bits per heavy atom. The third-order valence-electron chi connectivity index (χ3n) is 3.79. The molecule has 0 radical (unpaired) electrons. The third-order valence-corrected chi connectivity index (χ3v) is 4.44. The highest BCUT2D eigenvalue weighted by Gasteiger charge is 2.26. The zero-order valence-corrected chi connectivity index (χ0v) is 12.4. The molecule has 3 N–H and O–H groups in total. The van der Waals surface area contributed by atoms with Gasteiger partial charge in [-0.2, -0.15) is 0 Å². The van der Waals surface area contributed by atoms with Gasteiger partial charge in [0.15, 0.2) is 0 Å². The van der Waals surface area contributed by atoms with Crippen LogP contribution >= 0.6 is 15.9 Å². The van der Waals surface area contributed by atoms with Crippen LogP contribution in [0.3, 0.4) is 0 Å². The Labute approximate surface area is 120 Å². The van der Waals surface area contributed by atoms with Crippen molar-refractivity contribution in [3.05, 3.63) is 32.3 Å². The summed E-state index contributed by atoms with van der Waals surface area (Å²) in [4.78, 5) is 10.5. The Balaban J connectivity index is 2.21. The molecule has 1 saturated carbocycles. The number of benzene rings is 1. The molecule has 1 aromatic rings. The Kier molecular flexibility index (Phi) is 4.42. The highest BCUT2D eigenvalue weighted by Crippen LogP contribution is 2.34. The van der Waals surface area contributed by atoms with E-state index in [1.165, 1.54) is 6.42 Å². The number of rotatable bonds is 4. The maximum atomic E-state index is 10.9. The SMILES string of the molecule is Cc1cc(NC2CCCC2CN)c(Br)cc1[N+](=O)[O-]. The molecule has 0 bridgehead atoms. The molecule has 1 aliphatic carbocycles. The highest BCUT2D eigenvalue weighted by molar-refractivity contribution is 9.10. The minimum atomic E-state index is -0.359. The summed E-state index contributed by atoms with van der Waals surface area (Å²) in [5.41, 5.74) is 7.48. The first kappa shape index (κ1) is 14.3. The minimum absolute atomic E-state index is 0.138. The first-order valence-corrected chi connectivity index (χ1v) is 7.23. The average Bonchev–Trinajstić information content (AvgIpc) is 2.80. The Morgan fingerprint density at radius 3 is 2.89 bits per heavy atom. The van der Waals surface area contributed by atoms with Crippen molar-refractivity contribution in [3.63, 3.8) is 0 Å². The van der Waals surface area contributed by atoms with E-state index < -0.39 is 0 Å². The van der Waals surface area contributed by atoms with Crippen molar-refractivity contribution >= 4 is 27.3 Å². The standard InChI is InChI=1S/C13H18BrN3O2/c1-8-5-12(10(14)6-13(8)17(18)19)16-11-4-2-3-9(11)7-15/h5-6,9,11,16H,2-4,7,15H2,1H3. The lowest BCUT2D eigenvalue weighted by Gasteiger charge is -2.21. The average molecular weight is 328 g/mol. The summed E-state index contributed by atoms with van der Waals surface area (Å²) in [6.07, 6.45) is 3.44. The summed E-state index contributed by atoms with van der Waals surface area (Å²) in [6.45, 7) is 2.44. The second-order valence-electron chi connectivity index (χ2n) is 5.05. The van der Waals surface area contributed by atoms with Crippen LogP contribution in [0.25, 0.3) is 0 Å². The van der Waals surface area contributed by atoms with Crippen LogP contribution in [-0.4, -0.2) is 17.5 Å². The third kappa shape index (κ3) is 3.06. The fraction of sp³-hybridized carbons (Fsp3) is 0.538. The number of halogens is 1. The summed E-state index contributed by atoms with van der Waals surface area (Å²) in [5, 5.41) is 14.3. The van der Waals surface area contributed by atoms with Gasteiger partial charge in [-0.05, 0) is 54.2 Å². The largest absolute Gasteiger partial charge is 0.381 e. The maximum Gasteiger partial charge on any atom is 0.273 e. The van der Waals surface area contributed by atoms with Crippen LogP contribution in [-0.2, 0) is 0 Å². The zero-order valence-electron chi connectivity index (χ0n) is 10.9. The van der Waals surface area contributed by atoms with Crippen molar-refractivity contribution in [2.45, 2.75) is 32.2 Å². The van der Waals surface area contributed by atoms with E-state index >= 15 is 0 Å². The zero-order chi connectivity index (χ0) is 14.0. The van der Waals surface area contributed by atoms with E-state index in [0.717, 1.165) is 23.0 Å². The topological polar surface area (TPSA) is 81.2 Å². The van der Waals surface area contributed by atoms with Gasteiger partial charge in [-0.3, -0.25) is 10.1 Å². The van der Waals surface area contributed by atoms with Gasteiger partial charge in [-0.25, -0.2) is 0 Å². The fourth-order valence-electron chi connectivity index (χ4n) is 2.69. The van der Waals surface area contributed by atoms with Crippen LogP contribution in [0.15, 0.2) is 16.6 Å². The summed E-state index contributed by atoms with van der Waals surface area (Å²) < 4.78 is 0.729. The van der Waals surface area contributed by atoms with Crippen molar-refractivity contribution in [1.29, 1.82) is 0 Å². The number of aryl methyl sites for hydroxylation is 1. The lowest BCUT2D eigenvalue weighted by atomic mass is 10.0. The van der Waals surface area contributed by atoms with Crippen molar-refractivity contribution in [3.8, 4) is 0 Å². The molecule has 0 spiro atoms. The summed E-state index contributed by atoms with van der Waals surface area (Å²) in [5.74, 6) is 0.488. The molecule has 1 fully saturated rings. The van der Waals surface area contributed by atoms with Crippen LogP contribution in [0.1, 0.15) is 24.8 Å². The molecule has 1 aliphatic rings. The summed E-state index contributed by atoms with van der Waals surface area (Å²) in [6, 6.07) is 3.75. The Hall–Kier alpha value is -1.14. The van der Waals surface area contributed by atoms with Gasteiger partial charge in [0.05, 0.1) is 4.92 Å².